The molecule has 0 saturated carbocycles. The van der Waals surface area contributed by atoms with Crippen molar-refractivity contribution < 1.29 is 0 Å². The number of hydrogen-bond acceptors (Lipinski definition) is 1. The Labute approximate surface area is 266 Å². The van der Waals surface area contributed by atoms with Crippen molar-refractivity contribution in [3.63, 3.8) is 0 Å². The first kappa shape index (κ1) is 26.1. The number of rotatable bonds is 4. The summed E-state index contributed by atoms with van der Waals surface area (Å²) in [5.74, 6) is 0. The molecule has 0 N–H and O–H groups in total. The lowest BCUT2D eigenvalue weighted by Crippen LogP contribution is -1.97. The van der Waals surface area contributed by atoms with Gasteiger partial charge in [0.15, 0.2) is 0 Å². The maximum atomic E-state index is 10.5. The molecule has 0 aliphatic rings. The SMILES string of the molecule is N#Cc1cc(-c2ccccc2-n2c3ccccc3c3ccccc32)ccc1-c1ccc2c(c1)c1ccccc1n2-c1ccccc1. The summed E-state index contributed by atoms with van der Waals surface area (Å²) in [6.07, 6.45) is 0. The van der Waals surface area contributed by atoms with Crippen molar-refractivity contribution >= 4 is 43.6 Å². The van der Waals surface area contributed by atoms with Gasteiger partial charge in [0.2, 0.25) is 0 Å². The van der Waals surface area contributed by atoms with E-state index in [1.54, 1.807) is 0 Å². The van der Waals surface area contributed by atoms with Gasteiger partial charge in [0.05, 0.1) is 39.4 Å². The van der Waals surface area contributed by atoms with Crippen LogP contribution in [0.3, 0.4) is 0 Å². The van der Waals surface area contributed by atoms with Crippen LogP contribution in [0.5, 0.6) is 0 Å². The Morgan fingerprint density at radius 1 is 0.391 bits per heavy atom. The summed E-state index contributed by atoms with van der Waals surface area (Å²) in [7, 11) is 0. The Balaban J connectivity index is 1.21. The molecule has 0 fully saturated rings. The van der Waals surface area contributed by atoms with E-state index >= 15 is 0 Å². The van der Waals surface area contributed by atoms with Crippen LogP contribution in [-0.4, -0.2) is 9.13 Å². The van der Waals surface area contributed by atoms with E-state index in [0.29, 0.717) is 5.56 Å². The maximum Gasteiger partial charge on any atom is 0.0998 e. The van der Waals surface area contributed by atoms with Crippen molar-refractivity contribution in [2.24, 2.45) is 0 Å². The quantitative estimate of drug-likeness (QED) is 0.202. The smallest absolute Gasteiger partial charge is 0.0998 e. The van der Waals surface area contributed by atoms with Gasteiger partial charge in [-0.15, -0.1) is 0 Å². The largest absolute Gasteiger partial charge is 0.309 e. The highest BCUT2D eigenvalue weighted by Crippen LogP contribution is 2.39. The molecule has 0 aliphatic heterocycles. The molecule has 0 bridgehead atoms. The van der Waals surface area contributed by atoms with E-state index in [-0.39, 0.29) is 0 Å². The molecule has 7 aromatic carbocycles. The molecular formula is C43H27N3. The first-order valence-corrected chi connectivity index (χ1v) is 15.5. The van der Waals surface area contributed by atoms with Crippen molar-refractivity contribution in [1.82, 2.24) is 9.13 Å². The standard InChI is InChI=1S/C43H27N3/c44-28-31-26-29(34-14-4-8-18-39(34)46-41-20-10-5-15-35(41)36-16-6-11-21-42(36)46)22-24-33(31)30-23-25-43-38(27-30)37-17-7-9-19-40(37)45(43)32-12-2-1-3-13-32/h1-27H. The molecule has 0 aliphatic carbocycles. The molecule has 0 spiro atoms. The minimum Gasteiger partial charge on any atom is -0.309 e. The maximum absolute atomic E-state index is 10.5. The molecule has 0 atom stereocenters. The van der Waals surface area contributed by atoms with E-state index in [1.165, 1.54) is 27.1 Å². The number of hydrogen-bond donors (Lipinski definition) is 0. The summed E-state index contributed by atoms with van der Waals surface area (Å²) in [4.78, 5) is 0. The van der Waals surface area contributed by atoms with Crippen molar-refractivity contribution in [2.45, 2.75) is 0 Å². The van der Waals surface area contributed by atoms with E-state index < -0.39 is 0 Å². The minimum absolute atomic E-state index is 0.653. The van der Waals surface area contributed by atoms with E-state index in [0.717, 1.165) is 50.2 Å². The van der Waals surface area contributed by atoms with Gasteiger partial charge in [-0.1, -0.05) is 109 Å². The van der Waals surface area contributed by atoms with Gasteiger partial charge in [-0.05, 0) is 71.3 Å². The molecule has 0 radical (unpaired) electrons. The molecule has 2 heterocycles. The Kier molecular flexibility index (Phi) is 5.88. The second kappa shape index (κ2) is 10.4. The van der Waals surface area contributed by atoms with Crippen LogP contribution in [0.2, 0.25) is 0 Å². The van der Waals surface area contributed by atoms with Gasteiger partial charge in [-0.25, -0.2) is 0 Å². The molecule has 3 heteroatoms. The number of nitriles is 1. The van der Waals surface area contributed by atoms with E-state index in [4.69, 9.17) is 0 Å². The normalized spacial score (nSPS) is 11.5. The third kappa shape index (κ3) is 3.91. The van der Waals surface area contributed by atoms with E-state index in [9.17, 15) is 5.26 Å². The van der Waals surface area contributed by atoms with Gasteiger partial charge in [0, 0.05) is 32.8 Å². The summed E-state index contributed by atoms with van der Waals surface area (Å²) in [5, 5.41) is 15.3. The van der Waals surface area contributed by atoms with Crippen LogP contribution in [0.25, 0.3) is 77.2 Å². The lowest BCUT2D eigenvalue weighted by atomic mass is 9.94. The zero-order valence-corrected chi connectivity index (χ0v) is 24.9. The van der Waals surface area contributed by atoms with Crippen molar-refractivity contribution in [1.29, 1.82) is 5.26 Å². The zero-order chi connectivity index (χ0) is 30.6. The summed E-state index contributed by atoms with van der Waals surface area (Å²) >= 11 is 0. The predicted molar refractivity (Wildman–Crippen MR) is 191 cm³/mol. The lowest BCUT2D eigenvalue weighted by molar-refractivity contribution is 1.18. The van der Waals surface area contributed by atoms with Crippen LogP contribution in [0.4, 0.5) is 0 Å². The highest BCUT2D eigenvalue weighted by Gasteiger charge is 2.17. The summed E-state index contributed by atoms with van der Waals surface area (Å²) in [6.45, 7) is 0. The van der Waals surface area contributed by atoms with Crippen molar-refractivity contribution in [3.05, 3.63) is 169 Å². The molecule has 3 nitrogen and oxygen atoms in total. The molecule has 0 unspecified atom stereocenters. The average molecular weight is 586 g/mol. The van der Waals surface area contributed by atoms with Crippen LogP contribution >= 0.6 is 0 Å². The molecule has 0 amide bonds. The van der Waals surface area contributed by atoms with E-state index in [1.807, 2.05) is 12.1 Å². The third-order valence-corrected chi connectivity index (χ3v) is 9.17. The minimum atomic E-state index is 0.653. The Hall–Kier alpha value is -6.37. The van der Waals surface area contributed by atoms with Crippen LogP contribution in [-0.2, 0) is 0 Å². The number of para-hydroxylation sites is 5. The zero-order valence-electron chi connectivity index (χ0n) is 24.9. The number of aromatic nitrogens is 2. The molecule has 9 aromatic rings. The lowest BCUT2D eigenvalue weighted by Gasteiger charge is -2.15. The monoisotopic (exact) mass is 585 g/mol. The number of fused-ring (bicyclic) bond motifs is 6. The second-order valence-electron chi connectivity index (χ2n) is 11.7. The Morgan fingerprint density at radius 2 is 0.913 bits per heavy atom. The Bertz CT molecular complexity index is 2600. The van der Waals surface area contributed by atoms with Crippen LogP contribution < -0.4 is 0 Å². The molecule has 214 valence electrons. The average Bonchev–Trinajstić information content (AvgIpc) is 3.64. The number of nitrogens with zero attached hydrogens (tertiary/aromatic N) is 3. The van der Waals surface area contributed by atoms with Gasteiger partial charge in [-0.3, -0.25) is 0 Å². The fourth-order valence-electron chi connectivity index (χ4n) is 7.15. The fourth-order valence-corrected chi connectivity index (χ4v) is 7.15. The Morgan fingerprint density at radius 3 is 1.61 bits per heavy atom. The first-order valence-electron chi connectivity index (χ1n) is 15.5. The molecule has 46 heavy (non-hydrogen) atoms. The molecule has 0 saturated heterocycles. The van der Waals surface area contributed by atoms with Gasteiger partial charge < -0.3 is 9.13 Å². The van der Waals surface area contributed by atoms with Crippen LogP contribution in [0, 0.1) is 11.3 Å². The number of benzene rings is 7. The molecule has 9 rings (SSSR count). The highest BCUT2D eigenvalue weighted by atomic mass is 15.0. The van der Waals surface area contributed by atoms with Crippen molar-refractivity contribution in [2.75, 3.05) is 0 Å². The topological polar surface area (TPSA) is 33.6 Å². The van der Waals surface area contributed by atoms with Gasteiger partial charge >= 0.3 is 0 Å². The fraction of sp³-hybridized carbons (Fsp3) is 0. The van der Waals surface area contributed by atoms with Gasteiger partial charge in [-0.2, -0.15) is 5.26 Å². The first-order chi connectivity index (χ1) is 22.8. The van der Waals surface area contributed by atoms with Crippen LogP contribution in [0.15, 0.2) is 164 Å². The van der Waals surface area contributed by atoms with E-state index in [2.05, 4.69) is 167 Å². The second-order valence-corrected chi connectivity index (χ2v) is 11.7. The summed E-state index contributed by atoms with van der Waals surface area (Å²) in [5.41, 5.74) is 11.6. The third-order valence-electron chi connectivity index (χ3n) is 9.17. The van der Waals surface area contributed by atoms with Gasteiger partial charge in [0.1, 0.15) is 0 Å². The summed E-state index contributed by atoms with van der Waals surface area (Å²) in [6, 6.07) is 60.0. The molecule has 2 aromatic heterocycles. The predicted octanol–water partition coefficient (Wildman–Crippen LogP) is 11.1. The summed E-state index contributed by atoms with van der Waals surface area (Å²) < 4.78 is 4.66. The van der Waals surface area contributed by atoms with Crippen LogP contribution in [0.1, 0.15) is 5.56 Å². The van der Waals surface area contributed by atoms with Crippen molar-refractivity contribution in [3.8, 4) is 39.7 Å². The van der Waals surface area contributed by atoms with Gasteiger partial charge in [0.25, 0.3) is 0 Å². The molecular weight excluding hydrogens is 558 g/mol. The highest BCUT2D eigenvalue weighted by molar-refractivity contribution is 6.11.